The number of ether oxygens (including phenoxy) is 2. The predicted octanol–water partition coefficient (Wildman–Crippen LogP) is 2.33. The number of hydrogen-bond acceptors (Lipinski definition) is 4. The van der Waals surface area contributed by atoms with Crippen molar-refractivity contribution in [2.24, 2.45) is 5.73 Å². The highest BCUT2D eigenvalue weighted by Gasteiger charge is 2.13. The van der Waals surface area contributed by atoms with Gasteiger partial charge in [-0.15, -0.1) is 12.4 Å². The molecule has 3 N–H and O–H groups in total. The van der Waals surface area contributed by atoms with Crippen LogP contribution in [0.4, 0.5) is 10.1 Å². The van der Waals surface area contributed by atoms with Crippen LogP contribution in [-0.4, -0.2) is 26.2 Å². The zero-order valence-corrected chi connectivity index (χ0v) is 12.6. The van der Waals surface area contributed by atoms with E-state index in [2.05, 4.69) is 5.32 Å². The van der Waals surface area contributed by atoms with E-state index >= 15 is 0 Å². The second-order valence-electron chi connectivity index (χ2n) is 4.25. The summed E-state index contributed by atoms with van der Waals surface area (Å²) in [6, 6.07) is 2.48. The Balaban J connectivity index is 0.00000361. The molecule has 5 nitrogen and oxygen atoms in total. The Kier molecular flexibility index (Phi) is 7.94. The first-order valence-corrected chi connectivity index (χ1v) is 5.95. The summed E-state index contributed by atoms with van der Waals surface area (Å²) >= 11 is 0. The molecule has 1 atom stereocenters. The molecular weight excluding hydrogens is 287 g/mol. The van der Waals surface area contributed by atoms with Gasteiger partial charge < -0.3 is 20.5 Å². The number of anilines is 1. The summed E-state index contributed by atoms with van der Waals surface area (Å²) in [7, 11) is 2.86. The lowest BCUT2D eigenvalue weighted by Gasteiger charge is -2.12. The molecule has 20 heavy (non-hydrogen) atoms. The van der Waals surface area contributed by atoms with Gasteiger partial charge in [0.1, 0.15) is 0 Å². The fraction of sp³-hybridized carbons (Fsp3) is 0.462. The highest BCUT2D eigenvalue weighted by atomic mass is 35.5. The van der Waals surface area contributed by atoms with Crippen LogP contribution in [0.25, 0.3) is 0 Å². The number of rotatable bonds is 6. The standard InChI is InChI=1S/C13H19FN2O3.ClH/c1-8(15)4-5-13(17)16-10-7-12(19-3)11(18-2)6-9(10)14;/h6-8H,4-5,15H2,1-3H3,(H,16,17);1H. The normalized spacial score (nSPS) is 11.2. The minimum Gasteiger partial charge on any atom is -0.493 e. The summed E-state index contributed by atoms with van der Waals surface area (Å²) in [5.74, 6) is -0.241. The van der Waals surface area contributed by atoms with Crippen LogP contribution in [0.15, 0.2) is 12.1 Å². The molecule has 0 aliphatic carbocycles. The molecule has 114 valence electrons. The first-order chi connectivity index (χ1) is 8.97. The van der Waals surface area contributed by atoms with Gasteiger partial charge in [0.15, 0.2) is 17.3 Å². The average Bonchev–Trinajstić information content (AvgIpc) is 2.38. The molecule has 0 saturated heterocycles. The Morgan fingerprint density at radius 3 is 2.40 bits per heavy atom. The molecule has 1 rings (SSSR count). The fourth-order valence-electron chi connectivity index (χ4n) is 1.52. The number of benzene rings is 1. The second kappa shape index (κ2) is 8.60. The van der Waals surface area contributed by atoms with Gasteiger partial charge in [-0.05, 0) is 13.3 Å². The van der Waals surface area contributed by atoms with Crippen LogP contribution in [0.3, 0.4) is 0 Å². The number of methoxy groups -OCH3 is 2. The lowest BCUT2D eigenvalue weighted by molar-refractivity contribution is -0.116. The SMILES string of the molecule is COc1cc(F)c(NC(=O)CCC(C)N)cc1OC.Cl. The van der Waals surface area contributed by atoms with Crippen molar-refractivity contribution in [1.29, 1.82) is 0 Å². The monoisotopic (exact) mass is 306 g/mol. The maximum Gasteiger partial charge on any atom is 0.224 e. The van der Waals surface area contributed by atoms with E-state index in [1.165, 1.54) is 26.4 Å². The zero-order chi connectivity index (χ0) is 14.4. The van der Waals surface area contributed by atoms with Gasteiger partial charge in [-0.2, -0.15) is 0 Å². The van der Waals surface area contributed by atoms with Crippen LogP contribution in [-0.2, 0) is 4.79 Å². The summed E-state index contributed by atoms with van der Waals surface area (Å²) in [5.41, 5.74) is 5.62. The van der Waals surface area contributed by atoms with E-state index in [1.807, 2.05) is 6.92 Å². The van der Waals surface area contributed by atoms with E-state index in [0.717, 1.165) is 0 Å². The maximum absolute atomic E-state index is 13.7. The van der Waals surface area contributed by atoms with E-state index in [4.69, 9.17) is 15.2 Å². The smallest absolute Gasteiger partial charge is 0.224 e. The molecule has 0 aliphatic heterocycles. The van der Waals surface area contributed by atoms with Crippen LogP contribution >= 0.6 is 12.4 Å². The maximum atomic E-state index is 13.7. The molecule has 0 spiro atoms. The van der Waals surface area contributed by atoms with Crippen molar-refractivity contribution in [3.05, 3.63) is 17.9 Å². The third-order valence-corrected chi connectivity index (χ3v) is 2.57. The van der Waals surface area contributed by atoms with Crippen LogP contribution in [0.1, 0.15) is 19.8 Å². The first kappa shape index (κ1) is 18.5. The Hall–Kier alpha value is -1.53. The first-order valence-electron chi connectivity index (χ1n) is 5.95. The van der Waals surface area contributed by atoms with Gasteiger partial charge in [-0.25, -0.2) is 4.39 Å². The van der Waals surface area contributed by atoms with E-state index in [0.29, 0.717) is 12.2 Å². The van der Waals surface area contributed by atoms with Gasteiger partial charge in [0, 0.05) is 24.6 Å². The molecular formula is C13H20ClFN2O3. The highest BCUT2D eigenvalue weighted by Crippen LogP contribution is 2.32. The Morgan fingerprint density at radius 1 is 1.35 bits per heavy atom. The summed E-state index contributed by atoms with van der Waals surface area (Å²) < 4.78 is 23.7. The molecule has 1 aromatic carbocycles. The Morgan fingerprint density at radius 2 is 1.90 bits per heavy atom. The van der Waals surface area contributed by atoms with Crippen molar-refractivity contribution >= 4 is 24.0 Å². The van der Waals surface area contributed by atoms with Crippen LogP contribution < -0.4 is 20.5 Å². The topological polar surface area (TPSA) is 73.6 Å². The van der Waals surface area contributed by atoms with Gasteiger partial charge in [-0.3, -0.25) is 4.79 Å². The Bertz CT molecular complexity index is 455. The highest BCUT2D eigenvalue weighted by molar-refractivity contribution is 5.91. The van der Waals surface area contributed by atoms with E-state index < -0.39 is 5.82 Å². The van der Waals surface area contributed by atoms with Gasteiger partial charge in [0.05, 0.1) is 19.9 Å². The molecule has 0 aromatic heterocycles. The van der Waals surface area contributed by atoms with E-state index in [-0.39, 0.29) is 42.2 Å². The van der Waals surface area contributed by atoms with Crippen molar-refractivity contribution in [3.63, 3.8) is 0 Å². The minimum atomic E-state index is -0.577. The molecule has 7 heteroatoms. The van der Waals surface area contributed by atoms with Crippen molar-refractivity contribution in [2.45, 2.75) is 25.8 Å². The molecule has 0 radical (unpaired) electrons. The van der Waals surface area contributed by atoms with Crippen molar-refractivity contribution in [1.82, 2.24) is 0 Å². The van der Waals surface area contributed by atoms with Crippen LogP contribution in [0.2, 0.25) is 0 Å². The molecule has 1 amide bonds. The van der Waals surface area contributed by atoms with Gasteiger partial charge in [0.25, 0.3) is 0 Å². The van der Waals surface area contributed by atoms with Crippen molar-refractivity contribution in [3.8, 4) is 11.5 Å². The molecule has 0 heterocycles. The lowest BCUT2D eigenvalue weighted by Crippen LogP contribution is -2.19. The Labute approximate surface area is 124 Å². The molecule has 0 bridgehead atoms. The zero-order valence-electron chi connectivity index (χ0n) is 11.7. The summed E-state index contributed by atoms with van der Waals surface area (Å²) in [6.45, 7) is 1.81. The van der Waals surface area contributed by atoms with Gasteiger partial charge in [0.2, 0.25) is 5.91 Å². The minimum absolute atomic E-state index is 0. The number of nitrogens with one attached hydrogen (secondary N) is 1. The molecule has 0 aliphatic rings. The van der Waals surface area contributed by atoms with Crippen molar-refractivity contribution < 1.29 is 18.7 Å². The number of carbonyl (C=O) groups is 1. The largest absolute Gasteiger partial charge is 0.493 e. The fourth-order valence-corrected chi connectivity index (χ4v) is 1.52. The third-order valence-electron chi connectivity index (χ3n) is 2.57. The molecule has 1 unspecified atom stereocenters. The quantitative estimate of drug-likeness (QED) is 0.846. The third kappa shape index (κ3) is 5.22. The molecule has 0 saturated carbocycles. The van der Waals surface area contributed by atoms with Crippen LogP contribution in [0, 0.1) is 5.82 Å². The van der Waals surface area contributed by atoms with Crippen molar-refractivity contribution in [2.75, 3.05) is 19.5 Å². The summed E-state index contributed by atoms with van der Waals surface area (Å²) in [4.78, 5) is 11.6. The second-order valence-corrected chi connectivity index (χ2v) is 4.25. The lowest BCUT2D eigenvalue weighted by atomic mass is 10.2. The number of hydrogen-bond donors (Lipinski definition) is 2. The number of nitrogens with two attached hydrogens (primary N) is 1. The number of halogens is 2. The number of amides is 1. The van der Waals surface area contributed by atoms with Gasteiger partial charge in [-0.1, -0.05) is 0 Å². The predicted molar refractivity (Wildman–Crippen MR) is 78.3 cm³/mol. The van der Waals surface area contributed by atoms with E-state index in [9.17, 15) is 9.18 Å². The number of carbonyl (C=O) groups excluding carboxylic acids is 1. The molecule has 0 fully saturated rings. The van der Waals surface area contributed by atoms with E-state index in [1.54, 1.807) is 0 Å². The molecule has 1 aromatic rings. The van der Waals surface area contributed by atoms with Gasteiger partial charge >= 0.3 is 0 Å². The average molecular weight is 307 g/mol. The van der Waals surface area contributed by atoms with Crippen LogP contribution in [0.5, 0.6) is 11.5 Å². The summed E-state index contributed by atoms with van der Waals surface area (Å²) in [5, 5.41) is 2.49. The summed E-state index contributed by atoms with van der Waals surface area (Å²) in [6.07, 6.45) is 0.784.